The molecule has 0 aromatic heterocycles. The summed E-state index contributed by atoms with van der Waals surface area (Å²) < 4.78 is 0. The summed E-state index contributed by atoms with van der Waals surface area (Å²) in [6.07, 6.45) is 5.10. The van der Waals surface area contributed by atoms with Crippen molar-refractivity contribution in [1.29, 1.82) is 0 Å². The summed E-state index contributed by atoms with van der Waals surface area (Å²) in [5.74, 6) is 0. The highest BCUT2D eigenvalue weighted by atomic mass is 32.1. The van der Waals surface area contributed by atoms with Gasteiger partial charge in [0.05, 0.1) is 0 Å². The molecule has 0 spiro atoms. The Balaban J connectivity index is 1.91. The minimum Gasteiger partial charge on any atom is -0.378 e. The summed E-state index contributed by atoms with van der Waals surface area (Å²) >= 11 is 5.35. The predicted octanol–water partition coefficient (Wildman–Crippen LogP) is 2.98. The standard InChI is InChI=1S/C14H21N3S/c1-17(2)13-9-5-8-12(10-13)16-14(18)15-11-6-3-4-7-11/h5,8-11H,3-4,6-7H2,1-2H3,(H2,15,16,18). The lowest BCUT2D eigenvalue weighted by Crippen LogP contribution is -2.35. The first-order valence-corrected chi connectivity index (χ1v) is 6.91. The van der Waals surface area contributed by atoms with E-state index in [1.807, 2.05) is 26.2 Å². The van der Waals surface area contributed by atoms with Crippen LogP contribution in [-0.4, -0.2) is 25.2 Å². The van der Waals surface area contributed by atoms with Crippen LogP contribution in [0.25, 0.3) is 0 Å². The van der Waals surface area contributed by atoms with Crippen LogP contribution in [0.15, 0.2) is 24.3 Å². The molecule has 2 rings (SSSR count). The van der Waals surface area contributed by atoms with Gasteiger partial charge in [0.1, 0.15) is 0 Å². The molecule has 1 aliphatic rings. The van der Waals surface area contributed by atoms with Gasteiger partial charge >= 0.3 is 0 Å². The van der Waals surface area contributed by atoms with Crippen LogP contribution in [-0.2, 0) is 0 Å². The smallest absolute Gasteiger partial charge is 0.170 e. The first-order chi connectivity index (χ1) is 8.65. The highest BCUT2D eigenvalue weighted by Crippen LogP contribution is 2.19. The molecule has 0 aliphatic heterocycles. The summed E-state index contributed by atoms with van der Waals surface area (Å²) in [4.78, 5) is 2.08. The van der Waals surface area contributed by atoms with Crippen molar-refractivity contribution >= 4 is 28.7 Å². The monoisotopic (exact) mass is 263 g/mol. The lowest BCUT2D eigenvalue weighted by Gasteiger charge is -2.17. The SMILES string of the molecule is CN(C)c1cccc(NC(=S)NC2CCCC2)c1. The Labute approximate surface area is 115 Å². The van der Waals surface area contributed by atoms with Gasteiger partial charge in [-0.25, -0.2) is 0 Å². The summed E-state index contributed by atoms with van der Waals surface area (Å²) in [5.41, 5.74) is 2.21. The molecule has 1 aromatic carbocycles. The second-order valence-corrected chi connectivity index (χ2v) is 5.43. The first-order valence-electron chi connectivity index (χ1n) is 6.50. The molecule has 1 saturated carbocycles. The Hall–Kier alpha value is -1.29. The summed E-state index contributed by atoms with van der Waals surface area (Å²) in [5, 5.41) is 7.37. The lowest BCUT2D eigenvalue weighted by molar-refractivity contribution is 0.634. The second-order valence-electron chi connectivity index (χ2n) is 5.02. The average Bonchev–Trinajstić information content (AvgIpc) is 2.82. The number of benzene rings is 1. The van der Waals surface area contributed by atoms with Crippen molar-refractivity contribution in [2.75, 3.05) is 24.3 Å². The number of rotatable bonds is 3. The predicted molar refractivity (Wildman–Crippen MR) is 82.4 cm³/mol. The maximum absolute atomic E-state index is 5.35. The van der Waals surface area contributed by atoms with Crippen LogP contribution in [0.3, 0.4) is 0 Å². The van der Waals surface area contributed by atoms with Crippen LogP contribution in [0.5, 0.6) is 0 Å². The molecule has 0 saturated heterocycles. The van der Waals surface area contributed by atoms with Crippen LogP contribution in [0, 0.1) is 0 Å². The molecule has 1 aliphatic carbocycles. The molecule has 4 heteroatoms. The van der Waals surface area contributed by atoms with E-state index >= 15 is 0 Å². The van der Waals surface area contributed by atoms with Crippen molar-refractivity contribution in [2.24, 2.45) is 0 Å². The number of hydrogen-bond donors (Lipinski definition) is 2. The van der Waals surface area contributed by atoms with E-state index < -0.39 is 0 Å². The van der Waals surface area contributed by atoms with Gasteiger partial charge in [0.2, 0.25) is 0 Å². The molecule has 1 aromatic rings. The van der Waals surface area contributed by atoms with E-state index in [1.54, 1.807) is 0 Å². The molecular weight excluding hydrogens is 242 g/mol. The number of nitrogens with one attached hydrogen (secondary N) is 2. The van der Waals surface area contributed by atoms with Gasteiger partial charge < -0.3 is 15.5 Å². The molecule has 18 heavy (non-hydrogen) atoms. The van der Waals surface area contributed by atoms with Crippen molar-refractivity contribution in [3.63, 3.8) is 0 Å². The van der Waals surface area contributed by atoms with Gasteiger partial charge in [0.15, 0.2) is 5.11 Å². The highest BCUT2D eigenvalue weighted by Gasteiger charge is 2.15. The Morgan fingerprint density at radius 1 is 1.28 bits per heavy atom. The largest absolute Gasteiger partial charge is 0.378 e. The number of thiocarbonyl (C=S) groups is 1. The topological polar surface area (TPSA) is 27.3 Å². The quantitative estimate of drug-likeness (QED) is 0.820. The van der Waals surface area contributed by atoms with E-state index in [0.29, 0.717) is 6.04 Å². The van der Waals surface area contributed by atoms with E-state index in [-0.39, 0.29) is 0 Å². The van der Waals surface area contributed by atoms with Gasteiger partial charge in [-0.1, -0.05) is 18.9 Å². The number of nitrogens with zero attached hydrogens (tertiary/aromatic N) is 1. The highest BCUT2D eigenvalue weighted by molar-refractivity contribution is 7.80. The minimum atomic E-state index is 0.557. The summed E-state index contributed by atoms with van der Waals surface area (Å²) in [6.45, 7) is 0. The molecule has 98 valence electrons. The molecule has 3 nitrogen and oxygen atoms in total. The van der Waals surface area contributed by atoms with Crippen LogP contribution >= 0.6 is 12.2 Å². The molecule has 1 fully saturated rings. The van der Waals surface area contributed by atoms with Crippen LogP contribution in [0.1, 0.15) is 25.7 Å². The molecule has 0 unspecified atom stereocenters. The first kappa shape index (κ1) is 13.1. The number of hydrogen-bond acceptors (Lipinski definition) is 2. The van der Waals surface area contributed by atoms with Crippen molar-refractivity contribution in [3.8, 4) is 0 Å². The Morgan fingerprint density at radius 3 is 2.67 bits per heavy atom. The van der Waals surface area contributed by atoms with Gasteiger partial charge in [0, 0.05) is 31.5 Å². The Bertz CT molecular complexity index is 411. The van der Waals surface area contributed by atoms with E-state index in [4.69, 9.17) is 12.2 Å². The maximum atomic E-state index is 5.35. The summed E-state index contributed by atoms with van der Waals surface area (Å²) in [7, 11) is 4.07. The fourth-order valence-corrected chi connectivity index (χ4v) is 2.57. The van der Waals surface area contributed by atoms with Crippen molar-refractivity contribution in [1.82, 2.24) is 5.32 Å². The molecule has 0 amide bonds. The zero-order valence-corrected chi connectivity index (χ0v) is 11.9. The molecule has 0 heterocycles. The number of anilines is 2. The van der Waals surface area contributed by atoms with E-state index in [1.165, 1.54) is 31.4 Å². The Kier molecular flexibility index (Phi) is 4.42. The van der Waals surface area contributed by atoms with Gasteiger partial charge in [-0.2, -0.15) is 0 Å². The van der Waals surface area contributed by atoms with Gasteiger partial charge in [-0.15, -0.1) is 0 Å². The molecular formula is C14H21N3S. The van der Waals surface area contributed by atoms with Crippen molar-refractivity contribution < 1.29 is 0 Å². The maximum Gasteiger partial charge on any atom is 0.170 e. The van der Waals surface area contributed by atoms with E-state index in [0.717, 1.165) is 10.8 Å². The van der Waals surface area contributed by atoms with Gasteiger partial charge in [-0.05, 0) is 43.3 Å². The van der Waals surface area contributed by atoms with Crippen LogP contribution in [0.2, 0.25) is 0 Å². The minimum absolute atomic E-state index is 0.557. The van der Waals surface area contributed by atoms with Gasteiger partial charge in [0.25, 0.3) is 0 Å². The average molecular weight is 263 g/mol. The van der Waals surface area contributed by atoms with Crippen molar-refractivity contribution in [3.05, 3.63) is 24.3 Å². The van der Waals surface area contributed by atoms with E-state index in [9.17, 15) is 0 Å². The third-order valence-corrected chi connectivity index (χ3v) is 3.53. The van der Waals surface area contributed by atoms with Crippen LogP contribution in [0.4, 0.5) is 11.4 Å². The van der Waals surface area contributed by atoms with Crippen molar-refractivity contribution in [2.45, 2.75) is 31.7 Å². The van der Waals surface area contributed by atoms with E-state index in [2.05, 4.69) is 27.7 Å². The normalized spacial score (nSPS) is 15.4. The molecule has 0 radical (unpaired) electrons. The van der Waals surface area contributed by atoms with Crippen LogP contribution < -0.4 is 15.5 Å². The zero-order valence-electron chi connectivity index (χ0n) is 11.1. The fourth-order valence-electron chi connectivity index (χ4n) is 2.28. The third-order valence-electron chi connectivity index (χ3n) is 3.31. The third kappa shape index (κ3) is 3.60. The second kappa shape index (κ2) is 6.05. The molecule has 0 atom stereocenters. The van der Waals surface area contributed by atoms with Gasteiger partial charge in [-0.3, -0.25) is 0 Å². The Morgan fingerprint density at radius 2 is 2.00 bits per heavy atom. The summed E-state index contributed by atoms with van der Waals surface area (Å²) in [6, 6.07) is 8.81. The molecule has 0 bridgehead atoms. The lowest BCUT2D eigenvalue weighted by atomic mass is 10.2. The zero-order chi connectivity index (χ0) is 13.0. The fraction of sp³-hybridized carbons (Fsp3) is 0.500. The molecule has 2 N–H and O–H groups in total.